The fourth-order valence-corrected chi connectivity index (χ4v) is 3.86. The Morgan fingerprint density at radius 1 is 0.846 bits per heavy atom. The van der Waals surface area contributed by atoms with E-state index in [1.165, 1.54) is 33.1 Å². The molecule has 4 rings (SSSR count). The predicted octanol–water partition coefficient (Wildman–Crippen LogP) is 6.94. The van der Waals surface area contributed by atoms with Gasteiger partial charge in [-0.2, -0.15) is 0 Å². The lowest BCUT2D eigenvalue weighted by molar-refractivity contribution is 0.587. The summed E-state index contributed by atoms with van der Waals surface area (Å²) in [6.45, 7) is 16.2. The number of aromatic nitrogens is 1. The van der Waals surface area contributed by atoms with Crippen LogP contribution in [0.25, 0.3) is 32.3 Å². The van der Waals surface area contributed by atoms with Crippen LogP contribution in [0.1, 0.15) is 31.9 Å². The molecule has 3 aromatic carbocycles. The third-order valence-electron chi connectivity index (χ3n) is 5.03. The molecule has 26 heavy (non-hydrogen) atoms. The number of hydrogen-bond donors (Lipinski definition) is 0. The van der Waals surface area contributed by atoms with E-state index in [1.807, 2.05) is 6.07 Å². The van der Waals surface area contributed by atoms with Crippen LogP contribution in [0, 0.1) is 13.5 Å². The molecule has 0 aliphatic rings. The molecule has 2 nitrogen and oxygen atoms in total. The molecule has 0 aliphatic carbocycles. The van der Waals surface area contributed by atoms with Crippen LogP contribution in [0.15, 0.2) is 60.7 Å². The minimum Gasteiger partial charge on any atom is -0.309 e. The van der Waals surface area contributed by atoms with Crippen molar-refractivity contribution in [3.63, 3.8) is 0 Å². The van der Waals surface area contributed by atoms with Crippen LogP contribution in [-0.2, 0) is 5.41 Å². The lowest BCUT2D eigenvalue weighted by Gasteiger charge is -2.26. The Bertz CT molecular complexity index is 1130. The third-order valence-corrected chi connectivity index (χ3v) is 5.03. The quantitative estimate of drug-likeness (QED) is 0.332. The van der Waals surface area contributed by atoms with Crippen molar-refractivity contribution in [3.8, 4) is 5.69 Å². The zero-order valence-electron chi connectivity index (χ0n) is 15.7. The van der Waals surface area contributed by atoms with Gasteiger partial charge in [-0.15, -0.1) is 0 Å². The average Bonchev–Trinajstić information content (AvgIpc) is 2.95. The highest BCUT2D eigenvalue weighted by Crippen LogP contribution is 2.39. The Morgan fingerprint density at radius 3 is 1.88 bits per heavy atom. The van der Waals surface area contributed by atoms with Gasteiger partial charge in [-0.25, -0.2) is 4.85 Å². The Kier molecular flexibility index (Phi) is 3.63. The lowest BCUT2D eigenvalue weighted by Crippen LogP contribution is -2.16. The van der Waals surface area contributed by atoms with E-state index in [4.69, 9.17) is 6.57 Å². The second-order valence-electron chi connectivity index (χ2n) is 7.89. The highest BCUT2D eigenvalue weighted by Gasteiger charge is 2.23. The molecule has 1 aromatic heterocycles. The summed E-state index contributed by atoms with van der Waals surface area (Å²) in [5, 5.41) is 2.52. The fourth-order valence-electron chi connectivity index (χ4n) is 3.86. The van der Waals surface area contributed by atoms with Gasteiger partial charge in [-0.05, 0) is 35.6 Å². The van der Waals surface area contributed by atoms with E-state index in [0.717, 1.165) is 5.56 Å². The van der Waals surface area contributed by atoms with Gasteiger partial charge in [0.2, 0.25) is 0 Å². The van der Waals surface area contributed by atoms with Gasteiger partial charge >= 0.3 is 0 Å². The minimum absolute atomic E-state index is 0.0622. The molecule has 2 heteroatoms. The first-order valence-corrected chi connectivity index (χ1v) is 8.93. The summed E-state index contributed by atoms with van der Waals surface area (Å²) < 4.78 is 2.37. The van der Waals surface area contributed by atoms with Crippen LogP contribution in [-0.4, -0.2) is 4.57 Å². The molecule has 0 atom stereocenters. The molecule has 0 amide bonds. The maximum absolute atomic E-state index is 7.47. The minimum atomic E-state index is -0.0622. The number of fused-ring (bicyclic) bond motifs is 3. The topological polar surface area (TPSA) is 9.29 Å². The number of nitrogens with zero attached hydrogens (tertiary/aromatic N) is 2. The van der Waals surface area contributed by atoms with Gasteiger partial charge in [-0.3, -0.25) is 0 Å². The normalized spacial score (nSPS) is 11.8. The maximum Gasteiger partial charge on any atom is 0.187 e. The van der Waals surface area contributed by atoms with Crippen molar-refractivity contribution >= 4 is 27.5 Å². The van der Waals surface area contributed by atoms with E-state index in [0.29, 0.717) is 5.69 Å². The van der Waals surface area contributed by atoms with Crippen LogP contribution in [0.3, 0.4) is 0 Å². The molecule has 0 saturated heterocycles. The second kappa shape index (κ2) is 5.75. The molecule has 0 saturated carbocycles. The Morgan fingerprint density at radius 2 is 1.38 bits per heavy atom. The third kappa shape index (κ3) is 2.40. The van der Waals surface area contributed by atoms with Gasteiger partial charge in [-0.1, -0.05) is 69.3 Å². The fraction of sp³-hybridized carbons (Fsp3) is 0.208. The molecule has 0 radical (unpaired) electrons. The standard InChI is InChI=1S/C24H22N2/c1-16-14-17(25-5)15-20(24(2,3)4)23(16)26-21-12-8-6-10-18(21)19-11-7-9-13-22(19)26/h6-15H,1-4H3. The predicted molar refractivity (Wildman–Crippen MR) is 110 cm³/mol. The lowest BCUT2D eigenvalue weighted by atomic mass is 9.84. The Balaban J connectivity index is 2.22. The number of para-hydroxylation sites is 2. The molecule has 0 bridgehead atoms. The highest BCUT2D eigenvalue weighted by atomic mass is 15.0. The monoisotopic (exact) mass is 338 g/mol. The largest absolute Gasteiger partial charge is 0.309 e. The summed E-state index contributed by atoms with van der Waals surface area (Å²) >= 11 is 0. The smallest absolute Gasteiger partial charge is 0.187 e. The molecule has 0 fully saturated rings. The van der Waals surface area contributed by atoms with Crippen molar-refractivity contribution in [3.05, 3.63) is 83.2 Å². The van der Waals surface area contributed by atoms with Crippen LogP contribution in [0.2, 0.25) is 0 Å². The summed E-state index contributed by atoms with van der Waals surface area (Å²) in [6.07, 6.45) is 0. The Labute approximate surface area is 154 Å². The summed E-state index contributed by atoms with van der Waals surface area (Å²) in [5.74, 6) is 0. The van der Waals surface area contributed by atoms with Crippen molar-refractivity contribution in [2.75, 3.05) is 0 Å². The molecular weight excluding hydrogens is 316 g/mol. The summed E-state index contributed by atoms with van der Waals surface area (Å²) in [4.78, 5) is 3.69. The SMILES string of the molecule is [C-]#[N+]c1cc(C)c(-n2c3ccccc3c3ccccc32)c(C(C)(C)C)c1. The van der Waals surface area contributed by atoms with Gasteiger partial charge < -0.3 is 4.57 Å². The van der Waals surface area contributed by atoms with Gasteiger partial charge in [0.15, 0.2) is 5.69 Å². The number of aryl methyl sites for hydroxylation is 1. The highest BCUT2D eigenvalue weighted by molar-refractivity contribution is 6.09. The molecule has 0 unspecified atom stereocenters. The summed E-state index contributed by atoms with van der Waals surface area (Å²) in [6, 6.07) is 21.2. The molecule has 4 aromatic rings. The van der Waals surface area contributed by atoms with Crippen molar-refractivity contribution < 1.29 is 0 Å². The molecular formula is C24H22N2. The molecule has 1 heterocycles. The first-order valence-electron chi connectivity index (χ1n) is 8.93. The molecule has 0 N–H and O–H groups in total. The molecule has 0 aliphatic heterocycles. The van der Waals surface area contributed by atoms with Gasteiger partial charge in [0.1, 0.15) is 0 Å². The maximum atomic E-state index is 7.47. The van der Waals surface area contributed by atoms with Crippen molar-refractivity contribution in [1.29, 1.82) is 0 Å². The first kappa shape index (κ1) is 16.4. The van der Waals surface area contributed by atoms with Gasteiger partial charge in [0, 0.05) is 10.8 Å². The van der Waals surface area contributed by atoms with Crippen LogP contribution >= 0.6 is 0 Å². The van der Waals surface area contributed by atoms with E-state index in [2.05, 4.69) is 91.7 Å². The first-order chi connectivity index (χ1) is 12.4. The average molecular weight is 338 g/mol. The summed E-state index contributed by atoms with van der Waals surface area (Å²) in [7, 11) is 0. The van der Waals surface area contributed by atoms with E-state index in [-0.39, 0.29) is 5.41 Å². The molecule has 128 valence electrons. The van der Waals surface area contributed by atoms with Crippen LogP contribution < -0.4 is 0 Å². The van der Waals surface area contributed by atoms with Crippen LogP contribution in [0.4, 0.5) is 5.69 Å². The molecule has 0 spiro atoms. The zero-order valence-corrected chi connectivity index (χ0v) is 15.7. The number of benzene rings is 3. The van der Waals surface area contributed by atoms with E-state index in [1.54, 1.807) is 0 Å². The van der Waals surface area contributed by atoms with E-state index < -0.39 is 0 Å². The van der Waals surface area contributed by atoms with Crippen LogP contribution in [0.5, 0.6) is 0 Å². The van der Waals surface area contributed by atoms with E-state index >= 15 is 0 Å². The van der Waals surface area contributed by atoms with Crippen molar-refractivity contribution in [2.45, 2.75) is 33.1 Å². The van der Waals surface area contributed by atoms with E-state index in [9.17, 15) is 0 Å². The number of rotatable bonds is 1. The summed E-state index contributed by atoms with van der Waals surface area (Å²) in [5.41, 5.74) is 6.59. The van der Waals surface area contributed by atoms with Gasteiger partial charge in [0.05, 0.1) is 23.3 Å². The van der Waals surface area contributed by atoms with Gasteiger partial charge in [0.25, 0.3) is 0 Å². The van der Waals surface area contributed by atoms with Crippen molar-refractivity contribution in [1.82, 2.24) is 4.57 Å². The zero-order chi connectivity index (χ0) is 18.5. The second-order valence-corrected chi connectivity index (χ2v) is 7.89. The van der Waals surface area contributed by atoms with Crippen molar-refractivity contribution in [2.24, 2.45) is 0 Å². The number of hydrogen-bond acceptors (Lipinski definition) is 0. The Hall–Kier alpha value is -3.05.